The monoisotopic (exact) mass is 213 g/mol. The van der Waals surface area contributed by atoms with Gasteiger partial charge in [-0.25, -0.2) is 4.79 Å². The molecule has 0 aliphatic carbocycles. The third kappa shape index (κ3) is 1.66. The standard InChI is InChI=1S/C12H7NO3/c1-2-8-5-3-4-6-9(8)10-7-11(12(14)15)16-13-10/h1,3-7H,(H,14,15). The Kier molecular flexibility index (Phi) is 2.44. The Bertz CT molecular complexity index is 578. The molecular weight excluding hydrogens is 206 g/mol. The molecule has 0 unspecified atom stereocenters. The molecule has 4 nitrogen and oxygen atoms in total. The summed E-state index contributed by atoms with van der Waals surface area (Å²) in [7, 11) is 0. The number of hydrogen-bond donors (Lipinski definition) is 1. The zero-order chi connectivity index (χ0) is 11.5. The number of carbonyl (C=O) groups is 1. The van der Waals surface area contributed by atoms with E-state index in [2.05, 4.69) is 15.6 Å². The summed E-state index contributed by atoms with van der Waals surface area (Å²) in [5.41, 5.74) is 1.75. The Balaban J connectivity index is 2.51. The lowest BCUT2D eigenvalue weighted by molar-refractivity contribution is 0.0652. The number of terminal acetylenes is 1. The number of carboxylic acid groups (broad SMARTS) is 1. The fourth-order valence-corrected chi connectivity index (χ4v) is 1.34. The first-order valence-electron chi connectivity index (χ1n) is 4.48. The second-order valence-electron chi connectivity index (χ2n) is 3.07. The molecule has 2 rings (SSSR count). The van der Waals surface area contributed by atoms with Crippen LogP contribution < -0.4 is 0 Å². The molecule has 78 valence electrons. The predicted molar refractivity (Wildman–Crippen MR) is 56.8 cm³/mol. The first-order valence-corrected chi connectivity index (χ1v) is 4.48. The van der Waals surface area contributed by atoms with Crippen molar-refractivity contribution in [3.8, 4) is 23.6 Å². The van der Waals surface area contributed by atoms with Crippen molar-refractivity contribution < 1.29 is 14.4 Å². The lowest BCUT2D eigenvalue weighted by Crippen LogP contribution is -1.91. The molecule has 0 saturated carbocycles. The number of nitrogens with zero attached hydrogens (tertiary/aromatic N) is 1. The average Bonchev–Trinajstić information content (AvgIpc) is 2.78. The third-order valence-corrected chi connectivity index (χ3v) is 2.08. The Morgan fingerprint density at radius 1 is 1.44 bits per heavy atom. The van der Waals surface area contributed by atoms with Gasteiger partial charge in [0, 0.05) is 17.2 Å². The molecule has 1 N–H and O–H groups in total. The number of rotatable bonds is 2. The number of aromatic nitrogens is 1. The van der Waals surface area contributed by atoms with Gasteiger partial charge in [-0.2, -0.15) is 0 Å². The molecule has 0 atom stereocenters. The van der Waals surface area contributed by atoms with Gasteiger partial charge in [0.15, 0.2) is 0 Å². The quantitative estimate of drug-likeness (QED) is 0.775. The Morgan fingerprint density at radius 3 is 2.81 bits per heavy atom. The average molecular weight is 213 g/mol. The van der Waals surface area contributed by atoms with E-state index in [-0.39, 0.29) is 5.76 Å². The van der Waals surface area contributed by atoms with E-state index in [1.54, 1.807) is 24.3 Å². The summed E-state index contributed by atoms with van der Waals surface area (Å²) < 4.78 is 4.66. The van der Waals surface area contributed by atoms with Crippen molar-refractivity contribution in [1.82, 2.24) is 5.16 Å². The minimum Gasteiger partial charge on any atom is -0.475 e. The second-order valence-corrected chi connectivity index (χ2v) is 3.07. The Morgan fingerprint density at radius 2 is 2.19 bits per heavy atom. The molecule has 0 aliphatic heterocycles. The summed E-state index contributed by atoms with van der Waals surface area (Å²) in [4.78, 5) is 10.6. The maximum Gasteiger partial charge on any atom is 0.374 e. The maximum absolute atomic E-state index is 10.6. The van der Waals surface area contributed by atoms with Crippen molar-refractivity contribution in [3.63, 3.8) is 0 Å². The van der Waals surface area contributed by atoms with Gasteiger partial charge in [0.25, 0.3) is 0 Å². The van der Waals surface area contributed by atoms with E-state index < -0.39 is 5.97 Å². The van der Waals surface area contributed by atoms with E-state index in [1.807, 2.05) is 0 Å². The molecule has 0 bridgehead atoms. The van der Waals surface area contributed by atoms with Crippen molar-refractivity contribution in [2.45, 2.75) is 0 Å². The van der Waals surface area contributed by atoms with Gasteiger partial charge < -0.3 is 9.63 Å². The minimum absolute atomic E-state index is 0.207. The molecule has 0 saturated heterocycles. The SMILES string of the molecule is C#Cc1ccccc1-c1cc(C(=O)O)on1. The van der Waals surface area contributed by atoms with Crippen molar-refractivity contribution >= 4 is 5.97 Å². The third-order valence-electron chi connectivity index (χ3n) is 2.08. The van der Waals surface area contributed by atoms with Crippen LogP contribution in [-0.2, 0) is 0 Å². The molecule has 1 aromatic heterocycles. The highest BCUT2D eigenvalue weighted by Crippen LogP contribution is 2.22. The van der Waals surface area contributed by atoms with Crippen LogP contribution in [0.15, 0.2) is 34.9 Å². The van der Waals surface area contributed by atoms with Crippen LogP contribution in [0.25, 0.3) is 11.3 Å². The topological polar surface area (TPSA) is 63.3 Å². The first-order chi connectivity index (χ1) is 7.72. The highest BCUT2D eigenvalue weighted by Gasteiger charge is 2.13. The van der Waals surface area contributed by atoms with Crippen LogP contribution in [0, 0.1) is 12.3 Å². The lowest BCUT2D eigenvalue weighted by atomic mass is 10.1. The van der Waals surface area contributed by atoms with Crippen molar-refractivity contribution in [2.24, 2.45) is 0 Å². The normalized spacial score (nSPS) is 9.69. The van der Waals surface area contributed by atoms with Crippen molar-refractivity contribution in [2.75, 3.05) is 0 Å². The zero-order valence-corrected chi connectivity index (χ0v) is 8.18. The van der Waals surface area contributed by atoms with E-state index in [4.69, 9.17) is 11.5 Å². The van der Waals surface area contributed by atoms with E-state index in [9.17, 15) is 4.79 Å². The largest absolute Gasteiger partial charge is 0.475 e. The molecule has 0 aliphatic rings. The van der Waals surface area contributed by atoms with E-state index in [0.29, 0.717) is 16.8 Å². The van der Waals surface area contributed by atoms with Crippen LogP contribution in [0.5, 0.6) is 0 Å². The summed E-state index contributed by atoms with van der Waals surface area (Å²) in [6.07, 6.45) is 5.33. The molecule has 0 radical (unpaired) electrons. The van der Waals surface area contributed by atoms with Gasteiger partial charge in [-0.15, -0.1) is 6.42 Å². The second kappa shape index (κ2) is 3.91. The van der Waals surface area contributed by atoms with Crippen molar-refractivity contribution in [1.29, 1.82) is 0 Å². The fraction of sp³-hybridized carbons (Fsp3) is 0. The number of benzene rings is 1. The summed E-state index contributed by atoms with van der Waals surface area (Å²) in [6, 6.07) is 8.46. The number of aromatic carboxylic acids is 1. The first kappa shape index (κ1) is 9.99. The van der Waals surface area contributed by atoms with Crippen LogP contribution in [0.2, 0.25) is 0 Å². The smallest absolute Gasteiger partial charge is 0.374 e. The van der Waals surface area contributed by atoms with Gasteiger partial charge in [0.05, 0.1) is 0 Å². The maximum atomic E-state index is 10.6. The minimum atomic E-state index is -1.16. The van der Waals surface area contributed by atoms with Gasteiger partial charge in [0.1, 0.15) is 5.69 Å². The fourth-order valence-electron chi connectivity index (χ4n) is 1.34. The summed E-state index contributed by atoms with van der Waals surface area (Å²) in [5, 5.41) is 12.4. The molecule has 0 amide bonds. The predicted octanol–water partition coefficient (Wildman–Crippen LogP) is 2.02. The molecule has 4 heteroatoms. The van der Waals surface area contributed by atoms with Gasteiger partial charge >= 0.3 is 5.97 Å². The van der Waals surface area contributed by atoms with E-state index in [0.717, 1.165) is 0 Å². The van der Waals surface area contributed by atoms with Crippen LogP contribution in [-0.4, -0.2) is 16.2 Å². The van der Waals surface area contributed by atoms with Crippen LogP contribution in [0.1, 0.15) is 16.1 Å². The molecular formula is C12H7NO3. The van der Waals surface area contributed by atoms with E-state index in [1.165, 1.54) is 6.07 Å². The Hall–Kier alpha value is -2.54. The summed E-state index contributed by atoms with van der Waals surface area (Å²) in [6.45, 7) is 0. The molecule has 2 aromatic rings. The highest BCUT2D eigenvalue weighted by molar-refractivity contribution is 5.86. The molecule has 1 aromatic carbocycles. The van der Waals surface area contributed by atoms with Crippen LogP contribution in [0.3, 0.4) is 0 Å². The van der Waals surface area contributed by atoms with Gasteiger partial charge in [0.2, 0.25) is 5.76 Å². The summed E-state index contributed by atoms with van der Waals surface area (Å²) >= 11 is 0. The highest BCUT2D eigenvalue weighted by atomic mass is 16.5. The lowest BCUT2D eigenvalue weighted by Gasteiger charge is -1.98. The Labute approximate surface area is 91.5 Å². The molecule has 0 spiro atoms. The number of hydrogen-bond acceptors (Lipinski definition) is 3. The van der Waals surface area contributed by atoms with Gasteiger partial charge in [-0.05, 0) is 6.07 Å². The van der Waals surface area contributed by atoms with Gasteiger partial charge in [-0.1, -0.05) is 29.3 Å². The number of carboxylic acids is 1. The zero-order valence-electron chi connectivity index (χ0n) is 8.18. The van der Waals surface area contributed by atoms with Gasteiger partial charge in [-0.3, -0.25) is 0 Å². The van der Waals surface area contributed by atoms with Crippen molar-refractivity contribution in [3.05, 3.63) is 41.7 Å². The molecule has 1 heterocycles. The molecule has 0 fully saturated rings. The summed E-state index contributed by atoms with van der Waals surface area (Å²) in [5.74, 6) is 1.14. The van der Waals surface area contributed by atoms with Crippen LogP contribution in [0.4, 0.5) is 0 Å². The van der Waals surface area contributed by atoms with Crippen LogP contribution >= 0.6 is 0 Å². The molecule has 16 heavy (non-hydrogen) atoms. The van der Waals surface area contributed by atoms with E-state index >= 15 is 0 Å².